The van der Waals surface area contributed by atoms with Gasteiger partial charge in [-0.3, -0.25) is 0 Å². The van der Waals surface area contributed by atoms with Crippen LogP contribution in [0.25, 0.3) is 0 Å². The lowest BCUT2D eigenvalue weighted by molar-refractivity contribution is 0.102. The summed E-state index contributed by atoms with van der Waals surface area (Å²) in [6, 6.07) is 0. The van der Waals surface area contributed by atoms with Gasteiger partial charge in [0.1, 0.15) is 11.4 Å². The molecule has 0 radical (unpaired) electrons. The molecule has 1 rings (SSSR count). The van der Waals surface area contributed by atoms with Crippen molar-refractivity contribution in [3.63, 3.8) is 0 Å². The van der Waals surface area contributed by atoms with E-state index in [1.165, 1.54) is 0 Å². The lowest BCUT2D eigenvalue weighted by atomic mass is 10.1. The summed E-state index contributed by atoms with van der Waals surface area (Å²) < 4.78 is 6.08. The Hall–Kier alpha value is -1.16. The van der Waals surface area contributed by atoms with Gasteiger partial charge in [0.25, 0.3) is 0 Å². The van der Waals surface area contributed by atoms with Crippen LogP contribution in [-0.4, -0.2) is 22.1 Å². The van der Waals surface area contributed by atoms with E-state index in [-0.39, 0.29) is 5.60 Å². The molecule has 0 aliphatic heterocycles. The highest BCUT2D eigenvalue weighted by Gasteiger charge is 2.20. The average molecular weight is 279 g/mol. The van der Waals surface area contributed by atoms with Crippen molar-refractivity contribution < 1.29 is 4.74 Å². The Labute approximate surface area is 123 Å². The lowest BCUT2D eigenvalue weighted by Crippen LogP contribution is -2.28. The van der Waals surface area contributed by atoms with E-state index in [2.05, 4.69) is 56.8 Å². The summed E-state index contributed by atoms with van der Waals surface area (Å²) in [6.45, 7) is 14.4. The van der Waals surface area contributed by atoms with Crippen LogP contribution in [0.5, 0.6) is 5.75 Å². The zero-order chi connectivity index (χ0) is 15.2. The van der Waals surface area contributed by atoms with Crippen molar-refractivity contribution in [3.05, 3.63) is 17.7 Å². The van der Waals surface area contributed by atoms with E-state index in [0.29, 0.717) is 5.92 Å². The molecule has 0 atom stereocenters. The fourth-order valence-corrected chi connectivity index (χ4v) is 1.66. The molecule has 0 unspecified atom stereocenters. The van der Waals surface area contributed by atoms with Crippen LogP contribution in [0.15, 0.2) is 6.20 Å². The third-order valence-electron chi connectivity index (χ3n) is 3.32. The SMILES string of the molecule is CCCNCc1nc(C(C)C)ncc1OC(C)(C)CC. The summed E-state index contributed by atoms with van der Waals surface area (Å²) in [6.07, 6.45) is 3.88. The summed E-state index contributed by atoms with van der Waals surface area (Å²) in [5.41, 5.74) is 0.765. The minimum Gasteiger partial charge on any atom is -0.484 e. The fraction of sp³-hybridized carbons (Fsp3) is 0.750. The molecular formula is C16H29N3O. The number of nitrogens with one attached hydrogen (secondary N) is 1. The predicted octanol–water partition coefficient (Wildman–Crippen LogP) is 3.67. The molecule has 1 heterocycles. The molecule has 0 saturated heterocycles. The quantitative estimate of drug-likeness (QED) is 0.738. The fourth-order valence-electron chi connectivity index (χ4n) is 1.66. The molecule has 4 heteroatoms. The van der Waals surface area contributed by atoms with Gasteiger partial charge in [-0.15, -0.1) is 0 Å². The van der Waals surface area contributed by atoms with Crippen LogP contribution in [-0.2, 0) is 6.54 Å². The normalized spacial score (nSPS) is 11.9. The first-order chi connectivity index (χ1) is 9.39. The molecular weight excluding hydrogens is 250 g/mol. The Kier molecular flexibility index (Phi) is 6.40. The van der Waals surface area contributed by atoms with E-state index in [9.17, 15) is 0 Å². The van der Waals surface area contributed by atoms with Gasteiger partial charge in [-0.25, -0.2) is 9.97 Å². The maximum Gasteiger partial charge on any atom is 0.161 e. The first-order valence-corrected chi connectivity index (χ1v) is 7.65. The second-order valence-electron chi connectivity index (χ2n) is 6.09. The van der Waals surface area contributed by atoms with Gasteiger partial charge in [-0.2, -0.15) is 0 Å². The molecule has 20 heavy (non-hydrogen) atoms. The standard InChI is InChI=1S/C16H29N3O/c1-7-9-17-10-13-14(20-16(5,6)8-2)11-18-15(19-13)12(3)4/h11-12,17H,7-10H2,1-6H3. The molecule has 0 saturated carbocycles. The number of hydrogen-bond acceptors (Lipinski definition) is 4. The maximum atomic E-state index is 6.08. The van der Waals surface area contributed by atoms with Crippen molar-refractivity contribution in [3.8, 4) is 5.75 Å². The van der Waals surface area contributed by atoms with Crippen molar-refractivity contribution in [1.29, 1.82) is 0 Å². The van der Waals surface area contributed by atoms with Crippen molar-refractivity contribution >= 4 is 0 Å². The van der Waals surface area contributed by atoms with Crippen molar-refractivity contribution in [2.75, 3.05) is 6.54 Å². The predicted molar refractivity (Wildman–Crippen MR) is 83.1 cm³/mol. The smallest absolute Gasteiger partial charge is 0.161 e. The van der Waals surface area contributed by atoms with Crippen molar-refractivity contribution in [2.45, 2.75) is 72.4 Å². The van der Waals surface area contributed by atoms with Gasteiger partial charge < -0.3 is 10.1 Å². The van der Waals surface area contributed by atoms with Gasteiger partial charge >= 0.3 is 0 Å². The number of aromatic nitrogens is 2. The van der Waals surface area contributed by atoms with Gasteiger partial charge in [0.2, 0.25) is 0 Å². The second kappa shape index (κ2) is 7.58. The van der Waals surface area contributed by atoms with Crippen LogP contribution in [0.2, 0.25) is 0 Å². The van der Waals surface area contributed by atoms with E-state index in [0.717, 1.165) is 43.2 Å². The second-order valence-corrected chi connectivity index (χ2v) is 6.09. The highest BCUT2D eigenvalue weighted by Crippen LogP contribution is 2.24. The Morgan fingerprint density at radius 3 is 2.55 bits per heavy atom. The van der Waals surface area contributed by atoms with Gasteiger partial charge in [0.15, 0.2) is 5.75 Å². The Morgan fingerprint density at radius 2 is 2.00 bits per heavy atom. The molecule has 1 N–H and O–H groups in total. The minimum atomic E-state index is -0.192. The summed E-state index contributed by atoms with van der Waals surface area (Å²) in [5, 5.41) is 3.39. The van der Waals surface area contributed by atoms with E-state index in [1.807, 2.05) is 6.20 Å². The molecule has 0 amide bonds. The van der Waals surface area contributed by atoms with Crippen LogP contribution in [0.3, 0.4) is 0 Å². The zero-order valence-corrected chi connectivity index (χ0v) is 13.8. The third-order valence-corrected chi connectivity index (χ3v) is 3.32. The molecule has 1 aromatic rings. The maximum absolute atomic E-state index is 6.08. The van der Waals surface area contributed by atoms with Crippen LogP contribution >= 0.6 is 0 Å². The summed E-state index contributed by atoms with van der Waals surface area (Å²) in [5.74, 6) is 2.00. The van der Waals surface area contributed by atoms with Crippen LogP contribution < -0.4 is 10.1 Å². The zero-order valence-electron chi connectivity index (χ0n) is 13.8. The summed E-state index contributed by atoms with van der Waals surface area (Å²) in [4.78, 5) is 9.09. The third kappa shape index (κ3) is 5.08. The molecule has 0 fully saturated rings. The van der Waals surface area contributed by atoms with Crippen molar-refractivity contribution in [1.82, 2.24) is 15.3 Å². The number of nitrogens with zero attached hydrogens (tertiary/aromatic N) is 2. The monoisotopic (exact) mass is 279 g/mol. The van der Waals surface area contributed by atoms with E-state index in [1.54, 1.807) is 0 Å². The van der Waals surface area contributed by atoms with Crippen LogP contribution in [0, 0.1) is 0 Å². The molecule has 0 aliphatic carbocycles. The minimum absolute atomic E-state index is 0.192. The Bertz CT molecular complexity index is 416. The largest absolute Gasteiger partial charge is 0.484 e. The van der Waals surface area contributed by atoms with Gasteiger partial charge in [-0.05, 0) is 33.2 Å². The number of hydrogen-bond donors (Lipinski definition) is 1. The summed E-state index contributed by atoms with van der Waals surface area (Å²) >= 11 is 0. The molecule has 0 aromatic carbocycles. The van der Waals surface area contributed by atoms with Crippen LogP contribution in [0.1, 0.15) is 71.8 Å². The number of rotatable bonds is 8. The highest BCUT2D eigenvalue weighted by molar-refractivity contribution is 5.26. The first-order valence-electron chi connectivity index (χ1n) is 7.65. The molecule has 4 nitrogen and oxygen atoms in total. The van der Waals surface area contributed by atoms with E-state index >= 15 is 0 Å². The van der Waals surface area contributed by atoms with E-state index in [4.69, 9.17) is 4.74 Å². The summed E-state index contributed by atoms with van der Waals surface area (Å²) in [7, 11) is 0. The topological polar surface area (TPSA) is 47.0 Å². The van der Waals surface area contributed by atoms with Crippen LogP contribution in [0.4, 0.5) is 0 Å². The Balaban J connectivity index is 2.96. The lowest BCUT2D eigenvalue weighted by Gasteiger charge is -2.26. The Morgan fingerprint density at radius 1 is 1.30 bits per heavy atom. The molecule has 0 aliphatic rings. The number of ether oxygens (including phenoxy) is 1. The molecule has 0 spiro atoms. The molecule has 1 aromatic heterocycles. The molecule has 114 valence electrons. The van der Waals surface area contributed by atoms with Gasteiger partial charge in [0, 0.05) is 12.5 Å². The van der Waals surface area contributed by atoms with Crippen molar-refractivity contribution in [2.24, 2.45) is 0 Å². The first kappa shape index (κ1) is 16.9. The molecule has 0 bridgehead atoms. The van der Waals surface area contributed by atoms with Gasteiger partial charge in [0.05, 0.1) is 11.9 Å². The van der Waals surface area contributed by atoms with E-state index < -0.39 is 0 Å². The highest BCUT2D eigenvalue weighted by atomic mass is 16.5. The van der Waals surface area contributed by atoms with Gasteiger partial charge in [-0.1, -0.05) is 27.7 Å². The average Bonchev–Trinajstić information content (AvgIpc) is 2.40.